The fraction of sp³-hybridized carbons (Fsp3) is 0.286. The molecule has 6 nitrogen and oxygen atoms in total. The second kappa shape index (κ2) is 8.34. The zero-order valence-corrected chi connectivity index (χ0v) is 17.8. The molecule has 1 saturated heterocycles. The van der Waals surface area contributed by atoms with Crippen molar-refractivity contribution in [2.45, 2.75) is 25.8 Å². The van der Waals surface area contributed by atoms with Crippen molar-refractivity contribution in [2.24, 2.45) is 0 Å². The molecule has 0 bridgehead atoms. The standard InChI is InChI=1S/C21H21N3O3S2/c1-13-7-8-16(27-2)14(11-13)23-19(25)15-5-3-9-24(15)21(26)18-12-22-20(29-18)17-6-4-10-28-17/h4,6-8,10-12,15H,3,5,9H2,1-2H3,(H,23,25). The Kier molecular flexibility index (Phi) is 5.64. The van der Waals surface area contributed by atoms with Crippen LogP contribution in [0.4, 0.5) is 5.69 Å². The number of nitrogens with zero attached hydrogens (tertiary/aromatic N) is 2. The molecule has 1 aromatic carbocycles. The molecule has 0 saturated carbocycles. The first kappa shape index (κ1) is 19.6. The van der Waals surface area contributed by atoms with Gasteiger partial charge in [-0.15, -0.1) is 22.7 Å². The largest absolute Gasteiger partial charge is 0.495 e. The van der Waals surface area contributed by atoms with Crippen LogP contribution in [0.5, 0.6) is 5.75 Å². The summed E-state index contributed by atoms with van der Waals surface area (Å²) in [6.07, 6.45) is 3.05. The van der Waals surface area contributed by atoms with Gasteiger partial charge < -0.3 is 15.0 Å². The van der Waals surface area contributed by atoms with E-state index in [0.717, 1.165) is 21.9 Å². The third kappa shape index (κ3) is 4.04. The summed E-state index contributed by atoms with van der Waals surface area (Å²) in [5.74, 6) is 0.268. The van der Waals surface area contributed by atoms with E-state index in [-0.39, 0.29) is 11.8 Å². The Hall–Kier alpha value is -2.71. The van der Waals surface area contributed by atoms with Crippen LogP contribution in [0.2, 0.25) is 0 Å². The lowest BCUT2D eigenvalue weighted by atomic mass is 10.1. The quantitative estimate of drug-likeness (QED) is 0.654. The Labute approximate surface area is 177 Å². The van der Waals surface area contributed by atoms with Crippen LogP contribution in [0.15, 0.2) is 41.9 Å². The lowest BCUT2D eigenvalue weighted by Gasteiger charge is -2.23. The zero-order chi connectivity index (χ0) is 20.4. The van der Waals surface area contributed by atoms with Crippen molar-refractivity contribution < 1.29 is 14.3 Å². The molecule has 2 amide bonds. The molecule has 1 aliphatic heterocycles. The highest BCUT2D eigenvalue weighted by molar-refractivity contribution is 7.22. The molecule has 0 spiro atoms. The van der Waals surface area contributed by atoms with Gasteiger partial charge in [-0.3, -0.25) is 9.59 Å². The minimum atomic E-state index is -0.500. The van der Waals surface area contributed by atoms with Crippen LogP contribution in [0.1, 0.15) is 28.1 Å². The first-order chi connectivity index (χ1) is 14.1. The van der Waals surface area contributed by atoms with Gasteiger partial charge in [0.25, 0.3) is 5.91 Å². The van der Waals surface area contributed by atoms with Crippen LogP contribution < -0.4 is 10.1 Å². The number of ether oxygens (including phenoxy) is 1. The van der Waals surface area contributed by atoms with E-state index in [1.807, 2.05) is 42.6 Å². The Morgan fingerprint density at radius 3 is 2.93 bits per heavy atom. The number of thiophene rings is 1. The summed E-state index contributed by atoms with van der Waals surface area (Å²) in [6.45, 7) is 2.52. The maximum absolute atomic E-state index is 13.1. The van der Waals surface area contributed by atoms with Crippen molar-refractivity contribution in [1.29, 1.82) is 0 Å². The van der Waals surface area contributed by atoms with E-state index in [0.29, 0.717) is 29.3 Å². The van der Waals surface area contributed by atoms with Crippen molar-refractivity contribution in [3.05, 3.63) is 52.3 Å². The SMILES string of the molecule is COc1ccc(C)cc1NC(=O)C1CCCN1C(=O)c1cnc(-c2cccs2)s1. The Bertz CT molecular complexity index is 1030. The molecular formula is C21H21N3O3S2. The van der Waals surface area contributed by atoms with Crippen LogP contribution in [0, 0.1) is 6.92 Å². The average Bonchev–Trinajstić information content (AvgIpc) is 3.48. The van der Waals surface area contributed by atoms with Crippen molar-refractivity contribution in [3.8, 4) is 15.6 Å². The molecule has 2 aromatic heterocycles. The van der Waals surface area contributed by atoms with E-state index < -0.39 is 6.04 Å². The predicted octanol–water partition coefficient (Wildman–Crippen LogP) is 4.43. The number of thiazole rings is 1. The van der Waals surface area contributed by atoms with Crippen LogP contribution >= 0.6 is 22.7 Å². The van der Waals surface area contributed by atoms with Crippen LogP contribution in [0.25, 0.3) is 9.88 Å². The van der Waals surface area contributed by atoms with E-state index >= 15 is 0 Å². The molecule has 1 N–H and O–H groups in total. The van der Waals surface area contributed by atoms with Gasteiger partial charge in [0.15, 0.2) is 0 Å². The second-order valence-corrected chi connectivity index (χ2v) is 8.83. The highest BCUT2D eigenvalue weighted by Gasteiger charge is 2.35. The van der Waals surface area contributed by atoms with E-state index in [1.54, 1.807) is 29.5 Å². The van der Waals surface area contributed by atoms with Gasteiger partial charge in [-0.25, -0.2) is 4.98 Å². The summed E-state index contributed by atoms with van der Waals surface area (Å²) >= 11 is 2.96. The number of aromatic nitrogens is 1. The first-order valence-corrected chi connectivity index (χ1v) is 11.0. The molecule has 1 aliphatic rings. The molecule has 1 atom stereocenters. The molecule has 8 heteroatoms. The first-order valence-electron chi connectivity index (χ1n) is 9.33. The molecule has 0 radical (unpaired) electrons. The third-order valence-corrected chi connectivity index (χ3v) is 6.90. The maximum Gasteiger partial charge on any atom is 0.266 e. The number of hydrogen-bond donors (Lipinski definition) is 1. The number of nitrogens with one attached hydrogen (secondary N) is 1. The third-order valence-electron chi connectivity index (χ3n) is 4.88. The van der Waals surface area contributed by atoms with Crippen LogP contribution in [-0.2, 0) is 4.79 Å². The fourth-order valence-electron chi connectivity index (χ4n) is 3.45. The number of aryl methyl sites for hydroxylation is 1. The topological polar surface area (TPSA) is 71.5 Å². The summed E-state index contributed by atoms with van der Waals surface area (Å²) in [6, 6.07) is 9.07. The minimum absolute atomic E-state index is 0.140. The van der Waals surface area contributed by atoms with E-state index in [9.17, 15) is 9.59 Å². The molecule has 3 heterocycles. The van der Waals surface area contributed by atoms with E-state index in [2.05, 4.69) is 10.3 Å². The lowest BCUT2D eigenvalue weighted by Crippen LogP contribution is -2.43. The average molecular weight is 428 g/mol. The molecule has 150 valence electrons. The van der Waals surface area contributed by atoms with Crippen LogP contribution in [-0.4, -0.2) is 41.4 Å². The molecule has 1 unspecified atom stereocenters. The zero-order valence-electron chi connectivity index (χ0n) is 16.2. The fourth-order valence-corrected chi connectivity index (χ4v) is 5.12. The molecule has 0 aliphatic carbocycles. The molecule has 1 fully saturated rings. The summed E-state index contributed by atoms with van der Waals surface area (Å²) in [7, 11) is 1.57. The van der Waals surface area contributed by atoms with Gasteiger partial charge in [0.2, 0.25) is 5.91 Å². The Morgan fingerprint density at radius 1 is 1.31 bits per heavy atom. The summed E-state index contributed by atoms with van der Waals surface area (Å²) in [5.41, 5.74) is 1.64. The van der Waals surface area contributed by atoms with Crippen LogP contribution in [0.3, 0.4) is 0 Å². The molecule has 4 rings (SSSR count). The van der Waals surface area contributed by atoms with Crippen molar-refractivity contribution in [1.82, 2.24) is 9.88 Å². The van der Waals surface area contributed by atoms with Gasteiger partial charge in [-0.1, -0.05) is 12.1 Å². The number of likely N-dealkylation sites (tertiary alicyclic amines) is 1. The van der Waals surface area contributed by atoms with Crippen molar-refractivity contribution in [3.63, 3.8) is 0 Å². The number of anilines is 1. The van der Waals surface area contributed by atoms with E-state index in [4.69, 9.17) is 4.74 Å². The maximum atomic E-state index is 13.1. The number of benzene rings is 1. The monoisotopic (exact) mass is 427 g/mol. The smallest absolute Gasteiger partial charge is 0.266 e. The Morgan fingerprint density at radius 2 is 2.17 bits per heavy atom. The van der Waals surface area contributed by atoms with Gasteiger partial charge in [0.05, 0.1) is 23.9 Å². The van der Waals surface area contributed by atoms with Gasteiger partial charge in [-0.05, 0) is 48.9 Å². The van der Waals surface area contributed by atoms with Gasteiger partial charge in [0, 0.05) is 6.54 Å². The molecule has 3 aromatic rings. The summed E-state index contributed by atoms with van der Waals surface area (Å²) in [5, 5.41) is 5.75. The van der Waals surface area contributed by atoms with Crippen molar-refractivity contribution >= 4 is 40.2 Å². The number of methoxy groups -OCH3 is 1. The highest BCUT2D eigenvalue weighted by atomic mass is 32.1. The van der Waals surface area contributed by atoms with Gasteiger partial charge in [-0.2, -0.15) is 0 Å². The summed E-state index contributed by atoms with van der Waals surface area (Å²) in [4.78, 5) is 33.7. The number of hydrogen-bond acceptors (Lipinski definition) is 6. The highest BCUT2D eigenvalue weighted by Crippen LogP contribution is 2.31. The van der Waals surface area contributed by atoms with E-state index in [1.165, 1.54) is 11.3 Å². The summed E-state index contributed by atoms with van der Waals surface area (Å²) < 4.78 is 5.34. The van der Waals surface area contributed by atoms with Gasteiger partial charge in [0.1, 0.15) is 21.7 Å². The molecular weight excluding hydrogens is 406 g/mol. The number of rotatable bonds is 5. The number of carbonyl (C=O) groups excluding carboxylic acids is 2. The number of amides is 2. The lowest BCUT2D eigenvalue weighted by molar-refractivity contribution is -0.119. The minimum Gasteiger partial charge on any atom is -0.495 e. The van der Waals surface area contributed by atoms with Gasteiger partial charge >= 0.3 is 0 Å². The second-order valence-electron chi connectivity index (χ2n) is 6.86. The number of carbonyl (C=O) groups is 2. The molecule has 29 heavy (non-hydrogen) atoms. The normalized spacial score (nSPS) is 16.1. The Balaban J connectivity index is 1.51. The van der Waals surface area contributed by atoms with Crippen molar-refractivity contribution in [2.75, 3.05) is 19.0 Å². The predicted molar refractivity (Wildman–Crippen MR) is 116 cm³/mol.